The summed E-state index contributed by atoms with van der Waals surface area (Å²) in [6.07, 6.45) is -0.540. The van der Waals surface area contributed by atoms with Crippen molar-refractivity contribution in [1.29, 1.82) is 0 Å². The molecule has 1 aromatic rings. The summed E-state index contributed by atoms with van der Waals surface area (Å²) in [6, 6.07) is 5.71. The van der Waals surface area contributed by atoms with Crippen molar-refractivity contribution in [3.8, 4) is 11.5 Å². The van der Waals surface area contributed by atoms with Crippen LogP contribution in [0, 0.1) is 0 Å². The van der Waals surface area contributed by atoms with E-state index in [1.807, 2.05) is 18.2 Å². The van der Waals surface area contributed by atoms with Gasteiger partial charge in [-0.25, -0.2) is 4.79 Å². The largest absolute Gasteiger partial charge is 0.497 e. The highest BCUT2D eigenvalue weighted by Crippen LogP contribution is 2.31. The van der Waals surface area contributed by atoms with Gasteiger partial charge in [-0.05, 0) is 6.07 Å². The molecule has 1 atom stereocenters. The molecule has 7 heteroatoms. The van der Waals surface area contributed by atoms with E-state index in [-0.39, 0.29) is 5.92 Å². The zero-order valence-electron chi connectivity index (χ0n) is 12.3. The molecule has 114 valence electrons. The molecule has 1 heterocycles. The third kappa shape index (κ3) is 3.56. The van der Waals surface area contributed by atoms with Gasteiger partial charge in [-0.15, -0.1) is 0 Å². The van der Waals surface area contributed by atoms with Gasteiger partial charge < -0.3 is 19.5 Å². The van der Waals surface area contributed by atoms with Crippen LogP contribution in [0.3, 0.4) is 0 Å². The third-order valence-electron chi connectivity index (χ3n) is 3.27. The van der Waals surface area contributed by atoms with Crippen molar-refractivity contribution in [3.63, 3.8) is 0 Å². The van der Waals surface area contributed by atoms with E-state index in [2.05, 4.69) is 20.4 Å². The van der Waals surface area contributed by atoms with E-state index in [1.54, 1.807) is 14.2 Å². The Morgan fingerprint density at radius 1 is 1.33 bits per heavy atom. The number of guanidine groups is 1. The van der Waals surface area contributed by atoms with Gasteiger partial charge in [-0.1, -0.05) is 6.07 Å². The molecular weight excluding hydrogens is 274 g/mol. The third-order valence-corrected chi connectivity index (χ3v) is 3.27. The summed E-state index contributed by atoms with van der Waals surface area (Å²) in [7, 11) is 4.55. The molecule has 0 aliphatic carbocycles. The lowest BCUT2D eigenvalue weighted by Gasteiger charge is -2.24. The van der Waals surface area contributed by atoms with Crippen molar-refractivity contribution in [2.24, 2.45) is 4.99 Å². The number of ether oxygens (including phenoxy) is 3. The highest BCUT2D eigenvalue weighted by Gasteiger charge is 2.21. The standard InChI is InChI=1S/C14H19N3O4/c1-19-10-4-5-11(12(6-10)20-2)9-7-15-13(16-8-9)17-14(18)21-3/h4-6,9H,7-8H2,1-3H3,(H2,15,16,17,18). The van der Waals surface area contributed by atoms with Gasteiger partial charge in [0.1, 0.15) is 11.5 Å². The second-order valence-corrected chi connectivity index (χ2v) is 4.49. The molecular formula is C14H19N3O4. The summed E-state index contributed by atoms with van der Waals surface area (Å²) in [5, 5.41) is 5.58. The Balaban J connectivity index is 2.09. The number of carbonyl (C=O) groups is 1. The fraction of sp³-hybridized carbons (Fsp3) is 0.429. The van der Waals surface area contributed by atoms with E-state index in [0.29, 0.717) is 19.0 Å². The van der Waals surface area contributed by atoms with Crippen LogP contribution in [0.25, 0.3) is 0 Å². The number of rotatable bonds is 3. The first-order valence-electron chi connectivity index (χ1n) is 6.53. The van der Waals surface area contributed by atoms with Crippen LogP contribution in [0.15, 0.2) is 23.2 Å². The molecule has 0 bridgehead atoms. The lowest BCUT2D eigenvalue weighted by Crippen LogP contribution is -2.45. The summed E-state index contributed by atoms with van der Waals surface area (Å²) in [5.41, 5.74) is 1.05. The van der Waals surface area contributed by atoms with Crippen molar-refractivity contribution in [2.75, 3.05) is 34.4 Å². The Labute approximate surface area is 123 Å². The average Bonchev–Trinajstić information content (AvgIpc) is 2.54. The minimum Gasteiger partial charge on any atom is -0.497 e. The number of amides is 1. The Kier molecular flexibility index (Phi) is 4.86. The van der Waals surface area contributed by atoms with Gasteiger partial charge in [0.05, 0.1) is 27.9 Å². The number of aliphatic imine (C=N–C) groups is 1. The predicted molar refractivity (Wildman–Crippen MR) is 78.1 cm³/mol. The first-order valence-corrected chi connectivity index (χ1v) is 6.53. The van der Waals surface area contributed by atoms with E-state index in [4.69, 9.17) is 9.47 Å². The quantitative estimate of drug-likeness (QED) is 0.872. The maximum Gasteiger partial charge on any atom is 0.413 e. The molecule has 2 N–H and O–H groups in total. The summed E-state index contributed by atoms with van der Waals surface area (Å²) < 4.78 is 15.1. The van der Waals surface area contributed by atoms with Gasteiger partial charge in [-0.2, -0.15) is 0 Å². The number of alkyl carbamates (subject to hydrolysis) is 1. The highest BCUT2D eigenvalue weighted by atomic mass is 16.5. The van der Waals surface area contributed by atoms with Crippen LogP contribution in [-0.2, 0) is 4.74 Å². The van der Waals surface area contributed by atoms with Crippen molar-refractivity contribution in [3.05, 3.63) is 23.8 Å². The first-order chi connectivity index (χ1) is 10.2. The molecule has 21 heavy (non-hydrogen) atoms. The van der Waals surface area contributed by atoms with E-state index >= 15 is 0 Å². The number of carbonyl (C=O) groups excluding carboxylic acids is 1. The van der Waals surface area contributed by atoms with Crippen LogP contribution in [0.4, 0.5) is 4.79 Å². The van der Waals surface area contributed by atoms with Gasteiger partial charge in [0.25, 0.3) is 0 Å². The number of benzene rings is 1. The minimum absolute atomic E-state index is 0.161. The van der Waals surface area contributed by atoms with Gasteiger partial charge in [-0.3, -0.25) is 10.3 Å². The van der Waals surface area contributed by atoms with E-state index in [1.165, 1.54) is 7.11 Å². The predicted octanol–water partition coefficient (Wildman–Crippen LogP) is 1.10. The number of hydrogen-bond acceptors (Lipinski definition) is 6. The Bertz CT molecular complexity index is 545. The van der Waals surface area contributed by atoms with Crippen LogP contribution >= 0.6 is 0 Å². The molecule has 0 saturated carbocycles. The lowest BCUT2D eigenvalue weighted by molar-refractivity contribution is 0.176. The van der Waals surface area contributed by atoms with Crippen LogP contribution in [-0.4, -0.2) is 46.5 Å². The van der Waals surface area contributed by atoms with E-state index < -0.39 is 6.09 Å². The van der Waals surface area contributed by atoms with Crippen molar-refractivity contribution in [1.82, 2.24) is 10.6 Å². The van der Waals surface area contributed by atoms with Crippen molar-refractivity contribution >= 4 is 12.1 Å². The molecule has 0 aromatic heterocycles. The molecule has 0 fully saturated rings. The molecule has 1 amide bonds. The fourth-order valence-corrected chi connectivity index (χ4v) is 2.14. The van der Waals surface area contributed by atoms with E-state index in [9.17, 15) is 4.79 Å². The molecule has 2 rings (SSSR count). The molecule has 0 spiro atoms. The van der Waals surface area contributed by atoms with Gasteiger partial charge in [0, 0.05) is 24.1 Å². The number of methoxy groups -OCH3 is 3. The van der Waals surface area contributed by atoms with Gasteiger partial charge in [0.15, 0.2) is 0 Å². The monoisotopic (exact) mass is 293 g/mol. The van der Waals surface area contributed by atoms with Crippen LogP contribution < -0.4 is 20.1 Å². The number of nitrogens with one attached hydrogen (secondary N) is 2. The Morgan fingerprint density at radius 2 is 2.14 bits per heavy atom. The smallest absolute Gasteiger partial charge is 0.413 e. The number of nitrogens with zero attached hydrogens (tertiary/aromatic N) is 1. The minimum atomic E-state index is -0.540. The van der Waals surface area contributed by atoms with Crippen LogP contribution in [0.1, 0.15) is 11.5 Å². The molecule has 7 nitrogen and oxygen atoms in total. The average molecular weight is 293 g/mol. The molecule has 1 aromatic carbocycles. The van der Waals surface area contributed by atoms with Crippen molar-refractivity contribution < 1.29 is 19.0 Å². The summed E-state index contributed by atoms with van der Waals surface area (Å²) >= 11 is 0. The second kappa shape index (κ2) is 6.83. The molecule has 1 aliphatic heterocycles. The van der Waals surface area contributed by atoms with Crippen molar-refractivity contribution in [2.45, 2.75) is 5.92 Å². The molecule has 0 saturated heterocycles. The number of hydrogen-bond donors (Lipinski definition) is 2. The van der Waals surface area contributed by atoms with Crippen LogP contribution in [0.5, 0.6) is 11.5 Å². The highest BCUT2D eigenvalue weighted by molar-refractivity contribution is 5.94. The second-order valence-electron chi connectivity index (χ2n) is 4.49. The summed E-state index contributed by atoms with van der Waals surface area (Å²) in [6.45, 7) is 1.19. The van der Waals surface area contributed by atoms with E-state index in [0.717, 1.165) is 17.1 Å². The van der Waals surface area contributed by atoms with Gasteiger partial charge in [0.2, 0.25) is 5.96 Å². The molecule has 1 unspecified atom stereocenters. The maximum absolute atomic E-state index is 11.1. The Morgan fingerprint density at radius 3 is 2.71 bits per heavy atom. The fourth-order valence-electron chi connectivity index (χ4n) is 2.14. The Hall–Kier alpha value is -2.44. The lowest BCUT2D eigenvalue weighted by atomic mass is 9.97. The van der Waals surface area contributed by atoms with Gasteiger partial charge >= 0.3 is 6.09 Å². The van der Waals surface area contributed by atoms with Crippen LogP contribution in [0.2, 0.25) is 0 Å². The SMILES string of the molecule is COC(=O)NC1=NCC(c2ccc(OC)cc2OC)CN1. The molecule has 0 radical (unpaired) electrons. The summed E-state index contributed by atoms with van der Waals surface area (Å²) in [5.74, 6) is 2.09. The topological polar surface area (TPSA) is 81.2 Å². The zero-order valence-corrected chi connectivity index (χ0v) is 12.3. The first kappa shape index (κ1) is 15.0. The maximum atomic E-state index is 11.1. The zero-order chi connectivity index (χ0) is 15.2. The molecule has 1 aliphatic rings. The summed E-state index contributed by atoms with van der Waals surface area (Å²) in [4.78, 5) is 15.4. The normalized spacial score (nSPS) is 17.3.